The Kier molecular flexibility index (Phi) is 2.96. The summed E-state index contributed by atoms with van der Waals surface area (Å²) >= 11 is 0. The molecule has 3 aromatic rings. The van der Waals surface area contributed by atoms with E-state index in [1.807, 2.05) is 49.4 Å². The van der Waals surface area contributed by atoms with Crippen molar-refractivity contribution in [2.75, 3.05) is 0 Å². The molecule has 106 valence electrons. The Morgan fingerprint density at radius 1 is 0.909 bits per heavy atom. The van der Waals surface area contributed by atoms with E-state index in [1.54, 1.807) is 12.4 Å². The molecular weight excluding hydrogens is 274 g/mol. The Bertz CT molecular complexity index is 914. The fourth-order valence-corrected chi connectivity index (χ4v) is 2.55. The minimum atomic E-state index is -0.193. The Hall–Kier alpha value is -2.95. The van der Waals surface area contributed by atoms with Crippen molar-refractivity contribution in [3.8, 4) is 0 Å². The van der Waals surface area contributed by atoms with Gasteiger partial charge in [0.15, 0.2) is 0 Å². The van der Waals surface area contributed by atoms with Crippen molar-refractivity contribution in [2.24, 2.45) is 10.2 Å². The van der Waals surface area contributed by atoms with Crippen molar-refractivity contribution in [2.45, 2.75) is 13.0 Å². The van der Waals surface area contributed by atoms with Gasteiger partial charge < -0.3 is 0 Å². The van der Waals surface area contributed by atoms with E-state index in [-0.39, 0.29) is 6.04 Å². The molecule has 0 amide bonds. The Balaban J connectivity index is 1.77. The van der Waals surface area contributed by atoms with Crippen LogP contribution >= 0.6 is 0 Å². The molecule has 3 aromatic heterocycles. The second-order valence-electron chi connectivity index (χ2n) is 5.16. The van der Waals surface area contributed by atoms with Gasteiger partial charge in [0.1, 0.15) is 6.04 Å². The van der Waals surface area contributed by atoms with Crippen LogP contribution in [0.25, 0.3) is 16.6 Å². The number of fused-ring (bicyclic) bond motifs is 1. The van der Waals surface area contributed by atoms with Gasteiger partial charge in [-0.15, -0.1) is 0 Å². The van der Waals surface area contributed by atoms with Crippen LogP contribution in [0.1, 0.15) is 23.1 Å². The van der Waals surface area contributed by atoms with Gasteiger partial charge in [0.2, 0.25) is 0 Å². The maximum absolute atomic E-state index is 4.68. The summed E-state index contributed by atoms with van der Waals surface area (Å²) < 4.78 is 0. The summed E-state index contributed by atoms with van der Waals surface area (Å²) in [6, 6.07) is 13.5. The number of pyridine rings is 3. The summed E-state index contributed by atoms with van der Waals surface area (Å²) in [5, 5.41) is 8.38. The second kappa shape index (κ2) is 5.11. The fraction of sp³-hybridized carbons (Fsp3) is 0.118. The Morgan fingerprint density at radius 2 is 1.86 bits per heavy atom. The van der Waals surface area contributed by atoms with Crippen molar-refractivity contribution in [3.63, 3.8) is 0 Å². The molecule has 5 nitrogen and oxygen atoms in total. The van der Waals surface area contributed by atoms with Crippen molar-refractivity contribution < 1.29 is 0 Å². The van der Waals surface area contributed by atoms with Gasteiger partial charge in [-0.05, 0) is 43.3 Å². The normalized spacial score (nSPS) is 17.0. The van der Waals surface area contributed by atoms with Crippen LogP contribution in [-0.4, -0.2) is 15.0 Å². The first-order valence-electron chi connectivity index (χ1n) is 7.07. The van der Waals surface area contributed by atoms with Crippen LogP contribution in [0, 0.1) is 6.92 Å². The summed E-state index contributed by atoms with van der Waals surface area (Å²) in [6.07, 6.45) is 3.53. The smallest absolute Gasteiger partial charge is 0.142 e. The molecule has 0 N–H and O–H groups in total. The monoisotopic (exact) mass is 287 g/mol. The average Bonchev–Trinajstić information content (AvgIpc) is 3.04. The minimum Gasteiger partial charge on any atom is -0.255 e. The first kappa shape index (κ1) is 12.8. The zero-order chi connectivity index (χ0) is 14.9. The first-order valence-corrected chi connectivity index (χ1v) is 7.07. The molecule has 1 aliphatic heterocycles. The second-order valence-corrected chi connectivity index (χ2v) is 5.16. The van der Waals surface area contributed by atoms with Crippen LogP contribution in [0.4, 0.5) is 0 Å². The molecule has 0 saturated heterocycles. The van der Waals surface area contributed by atoms with E-state index in [9.17, 15) is 0 Å². The van der Waals surface area contributed by atoms with Gasteiger partial charge in [0.25, 0.3) is 0 Å². The highest BCUT2D eigenvalue weighted by Gasteiger charge is 2.24. The number of hydrogen-bond donors (Lipinski definition) is 0. The highest BCUT2D eigenvalue weighted by atomic mass is 15.2. The van der Waals surface area contributed by atoms with Gasteiger partial charge in [-0.25, -0.2) is 4.98 Å². The number of rotatable bonds is 2. The average molecular weight is 287 g/mol. The third-order valence-corrected chi connectivity index (χ3v) is 3.62. The van der Waals surface area contributed by atoms with Gasteiger partial charge in [-0.2, -0.15) is 10.2 Å². The fourth-order valence-electron chi connectivity index (χ4n) is 2.55. The summed E-state index contributed by atoms with van der Waals surface area (Å²) in [4.78, 5) is 13.5. The summed E-state index contributed by atoms with van der Waals surface area (Å²) in [6.45, 7) is 1.97. The molecule has 0 spiro atoms. The van der Waals surface area contributed by atoms with Crippen LogP contribution < -0.4 is 0 Å². The number of azo groups is 1. The van der Waals surface area contributed by atoms with Gasteiger partial charge in [-0.3, -0.25) is 9.97 Å². The molecule has 1 aliphatic rings. The zero-order valence-corrected chi connectivity index (χ0v) is 12.0. The summed E-state index contributed by atoms with van der Waals surface area (Å²) in [7, 11) is 0. The lowest BCUT2D eigenvalue weighted by molar-refractivity contribution is 0.842. The highest BCUT2D eigenvalue weighted by Crippen LogP contribution is 2.36. The van der Waals surface area contributed by atoms with Crippen LogP contribution in [0.2, 0.25) is 0 Å². The third-order valence-electron chi connectivity index (χ3n) is 3.62. The number of aromatic nitrogens is 3. The number of aryl methyl sites for hydroxylation is 1. The predicted molar refractivity (Wildman–Crippen MR) is 84.1 cm³/mol. The molecular formula is C17H13N5. The molecule has 1 atom stereocenters. The quantitative estimate of drug-likeness (QED) is 0.718. The summed E-state index contributed by atoms with van der Waals surface area (Å²) in [5.41, 5.74) is 5.42. The van der Waals surface area contributed by atoms with Gasteiger partial charge in [0.05, 0.1) is 28.6 Å². The van der Waals surface area contributed by atoms with Crippen LogP contribution in [-0.2, 0) is 0 Å². The van der Waals surface area contributed by atoms with E-state index in [4.69, 9.17) is 0 Å². The lowest BCUT2D eigenvalue weighted by Crippen LogP contribution is -2.02. The third kappa shape index (κ3) is 2.16. The van der Waals surface area contributed by atoms with E-state index in [0.717, 1.165) is 33.7 Å². The lowest BCUT2D eigenvalue weighted by Gasteiger charge is -2.11. The van der Waals surface area contributed by atoms with E-state index in [2.05, 4.69) is 25.2 Å². The van der Waals surface area contributed by atoms with E-state index in [0.29, 0.717) is 0 Å². The zero-order valence-electron chi connectivity index (χ0n) is 12.0. The molecule has 0 bridgehead atoms. The predicted octanol–water partition coefficient (Wildman–Crippen LogP) is 3.88. The SMILES string of the molecule is Cc1cccc(C2N=NC=C2c2ccc3ncccc3n2)n1. The molecule has 5 heteroatoms. The lowest BCUT2D eigenvalue weighted by atomic mass is 10.0. The van der Waals surface area contributed by atoms with Crippen molar-refractivity contribution in [1.29, 1.82) is 0 Å². The van der Waals surface area contributed by atoms with Crippen LogP contribution in [0.15, 0.2) is 65.1 Å². The van der Waals surface area contributed by atoms with Crippen molar-refractivity contribution in [3.05, 3.63) is 71.9 Å². The van der Waals surface area contributed by atoms with Crippen LogP contribution in [0.5, 0.6) is 0 Å². The van der Waals surface area contributed by atoms with Crippen LogP contribution in [0.3, 0.4) is 0 Å². The van der Waals surface area contributed by atoms with Crippen molar-refractivity contribution in [1.82, 2.24) is 15.0 Å². The van der Waals surface area contributed by atoms with Crippen molar-refractivity contribution >= 4 is 16.6 Å². The van der Waals surface area contributed by atoms with E-state index < -0.39 is 0 Å². The molecule has 4 rings (SSSR count). The largest absolute Gasteiger partial charge is 0.255 e. The molecule has 0 aromatic carbocycles. The topological polar surface area (TPSA) is 63.4 Å². The van der Waals surface area contributed by atoms with Gasteiger partial charge in [-0.1, -0.05) is 6.07 Å². The number of hydrogen-bond acceptors (Lipinski definition) is 5. The highest BCUT2D eigenvalue weighted by molar-refractivity contribution is 5.78. The minimum absolute atomic E-state index is 0.193. The molecule has 4 heterocycles. The molecule has 22 heavy (non-hydrogen) atoms. The molecule has 1 unspecified atom stereocenters. The van der Waals surface area contributed by atoms with E-state index >= 15 is 0 Å². The molecule has 0 aliphatic carbocycles. The van der Waals surface area contributed by atoms with E-state index in [1.165, 1.54) is 0 Å². The molecule has 0 fully saturated rings. The standard InChI is InChI=1S/C17H13N5/c1-11-4-2-5-16(20-11)17-12(10-19-22-17)13-7-8-14-15(21-13)6-3-9-18-14/h2-10,17H,1H3. The maximum atomic E-state index is 4.68. The maximum Gasteiger partial charge on any atom is 0.142 e. The van der Waals surface area contributed by atoms with Gasteiger partial charge in [0, 0.05) is 17.5 Å². The Labute approximate surface area is 127 Å². The summed E-state index contributed by atoms with van der Waals surface area (Å²) in [5.74, 6) is 0. The molecule has 0 saturated carbocycles. The Morgan fingerprint density at radius 3 is 2.77 bits per heavy atom. The first-order chi connectivity index (χ1) is 10.8. The van der Waals surface area contributed by atoms with Gasteiger partial charge >= 0.3 is 0 Å². The molecule has 0 radical (unpaired) electrons. The number of nitrogens with zero attached hydrogens (tertiary/aromatic N) is 5.